The summed E-state index contributed by atoms with van der Waals surface area (Å²) in [5.74, 6) is -1.09. The molecule has 1 atom stereocenters. The smallest absolute Gasteiger partial charge is 0.306 e. The maximum Gasteiger partial charge on any atom is 0.306 e. The Hall–Kier alpha value is -1.51. The van der Waals surface area contributed by atoms with Crippen molar-refractivity contribution in [3.63, 3.8) is 0 Å². The summed E-state index contributed by atoms with van der Waals surface area (Å²) in [5, 5.41) is 8.95. The minimum atomic E-state index is -0.743. The van der Waals surface area contributed by atoms with Crippen LogP contribution in [0.3, 0.4) is 0 Å². The molecule has 0 radical (unpaired) electrons. The van der Waals surface area contributed by atoms with Crippen molar-refractivity contribution in [2.45, 2.75) is 20.3 Å². The minimum absolute atomic E-state index is 0.347. The van der Waals surface area contributed by atoms with Crippen molar-refractivity contribution in [2.24, 2.45) is 5.92 Å². The highest BCUT2D eigenvalue weighted by Gasteiger charge is 2.16. The van der Waals surface area contributed by atoms with E-state index in [0.717, 1.165) is 16.8 Å². The zero-order valence-electron chi connectivity index (χ0n) is 10.3. The van der Waals surface area contributed by atoms with Gasteiger partial charge >= 0.3 is 5.97 Å². The van der Waals surface area contributed by atoms with Gasteiger partial charge in [-0.3, -0.25) is 4.79 Å². The summed E-state index contributed by atoms with van der Waals surface area (Å²) in [4.78, 5) is 12.9. The molecule has 0 saturated carbocycles. The summed E-state index contributed by atoms with van der Waals surface area (Å²) >= 11 is 0. The maximum atomic E-state index is 10.9. The number of hydrogen-bond donors (Lipinski definition) is 1. The van der Waals surface area contributed by atoms with Gasteiger partial charge in [0.2, 0.25) is 0 Å². The van der Waals surface area contributed by atoms with Gasteiger partial charge in [-0.25, -0.2) is 0 Å². The monoisotopic (exact) mass is 221 g/mol. The SMILES string of the molecule is Cc1cccc(N(C)C)c1CC(C)C(=O)O. The Balaban J connectivity index is 3.06. The van der Waals surface area contributed by atoms with Gasteiger partial charge in [-0.15, -0.1) is 0 Å². The molecular weight excluding hydrogens is 202 g/mol. The van der Waals surface area contributed by atoms with Gasteiger partial charge in [-0.2, -0.15) is 0 Å². The molecule has 0 aliphatic carbocycles. The predicted molar refractivity (Wildman–Crippen MR) is 66.0 cm³/mol. The summed E-state index contributed by atoms with van der Waals surface area (Å²) in [5.41, 5.74) is 3.38. The molecule has 0 amide bonds. The standard InChI is InChI=1S/C13H19NO2/c1-9-6-5-7-12(14(3)4)11(9)8-10(2)13(15)16/h5-7,10H,8H2,1-4H3,(H,15,16). The second-order valence-corrected chi connectivity index (χ2v) is 4.41. The van der Waals surface area contributed by atoms with E-state index in [4.69, 9.17) is 5.11 Å². The van der Waals surface area contributed by atoms with Crippen LogP contribution in [0, 0.1) is 12.8 Å². The van der Waals surface area contributed by atoms with Crippen LogP contribution < -0.4 is 4.90 Å². The molecule has 0 saturated heterocycles. The molecule has 0 aliphatic rings. The van der Waals surface area contributed by atoms with E-state index in [-0.39, 0.29) is 5.92 Å². The molecule has 16 heavy (non-hydrogen) atoms. The topological polar surface area (TPSA) is 40.5 Å². The molecule has 3 heteroatoms. The lowest BCUT2D eigenvalue weighted by Gasteiger charge is -2.20. The number of rotatable bonds is 4. The molecule has 88 valence electrons. The number of carboxylic acid groups (broad SMARTS) is 1. The zero-order valence-corrected chi connectivity index (χ0v) is 10.3. The van der Waals surface area contributed by atoms with Crippen LogP contribution in [0.1, 0.15) is 18.1 Å². The summed E-state index contributed by atoms with van der Waals surface area (Å²) in [7, 11) is 3.95. The molecule has 1 rings (SSSR count). The molecule has 3 nitrogen and oxygen atoms in total. The van der Waals surface area contributed by atoms with E-state index in [2.05, 4.69) is 0 Å². The molecule has 1 N–H and O–H groups in total. The van der Waals surface area contributed by atoms with E-state index < -0.39 is 5.97 Å². The van der Waals surface area contributed by atoms with Crippen LogP contribution in [-0.2, 0) is 11.2 Å². The number of hydrogen-bond acceptors (Lipinski definition) is 2. The first kappa shape index (κ1) is 12.6. The van der Waals surface area contributed by atoms with Gasteiger partial charge < -0.3 is 10.0 Å². The zero-order chi connectivity index (χ0) is 12.3. The molecule has 0 fully saturated rings. The normalized spacial score (nSPS) is 12.2. The molecule has 1 aromatic carbocycles. The molecular formula is C13H19NO2. The highest BCUT2D eigenvalue weighted by molar-refractivity contribution is 5.71. The molecule has 0 spiro atoms. The number of carbonyl (C=O) groups is 1. The first-order chi connectivity index (χ1) is 7.43. The van der Waals surface area contributed by atoms with Gasteiger partial charge in [0.15, 0.2) is 0 Å². The van der Waals surface area contributed by atoms with Crippen LogP contribution in [0.4, 0.5) is 5.69 Å². The Bertz CT molecular complexity index is 386. The van der Waals surface area contributed by atoms with Crippen LogP contribution >= 0.6 is 0 Å². The Morgan fingerprint density at radius 3 is 2.56 bits per heavy atom. The third-order valence-electron chi connectivity index (χ3n) is 2.80. The summed E-state index contributed by atoms with van der Waals surface area (Å²) in [6.07, 6.45) is 0.579. The predicted octanol–water partition coefficient (Wildman–Crippen LogP) is 2.32. The van der Waals surface area contributed by atoms with Crippen LogP contribution in [0.5, 0.6) is 0 Å². The number of benzene rings is 1. The van der Waals surface area contributed by atoms with Gasteiger partial charge in [-0.1, -0.05) is 19.1 Å². The van der Waals surface area contributed by atoms with E-state index in [1.807, 2.05) is 44.1 Å². The summed E-state index contributed by atoms with van der Waals surface area (Å²) in [6.45, 7) is 3.77. The number of aryl methyl sites for hydroxylation is 1. The fraction of sp³-hybridized carbons (Fsp3) is 0.462. The first-order valence-corrected chi connectivity index (χ1v) is 5.42. The summed E-state index contributed by atoms with van der Waals surface area (Å²) < 4.78 is 0. The van der Waals surface area contributed by atoms with Gasteiger partial charge in [0, 0.05) is 19.8 Å². The van der Waals surface area contributed by atoms with Gasteiger partial charge in [0.1, 0.15) is 0 Å². The fourth-order valence-electron chi connectivity index (χ4n) is 1.76. The van der Waals surface area contributed by atoms with Crippen molar-refractivity contribution < 1.29 is 9.90 Å². The van der Waals surface area contributed by atoms with E-state index in [1.54, 1.807) is 6.92 Å². The van der Waals surface area contributed by atoms with E-state index >= 15 is 0 Å². The third kappa shape index (κ3) is 2.75. The molecule has 1 aromatic rings. The third-order valence-corrected chi connectivity index (χ3v) is 2.80. The van der Waals surface area contributed by atoms with E-state index in [1.165, 1.54) is 0 Å². The molecule has 1 unspecified atom stereocenters. The van der Waals surface area contributed by atoms with Crippen LogP contribution in [0.25, 0.3) is 0 Å². The van der Waals surface area contributed by atoms with Gasteiger partial charge in [0.05, 0.1) is 5.92 Å². The van der Waals surface area contributed by atoms with Crippen molar-refractivity contribution >= 4 is 11.7 Å². The molecule has 0 aromatic heterocycles. The average molecular weight is 221 g/mol. The number of nitrogens with zero attached hydrogens (tertiary/aromatic N) is 1. The maximum absolute atomic E-state index is 10.9. The van der Waals surface area contributed by atoms with Crippen LogP contribution in [0.2, 0.25) is 0 Å². The molecule has 0 heterocycles. The number of aliphatic carboxylic acids is 1. The van der Waals surface area contributed by atoms with Crippen LogP contribution in [0.15, 0.2) is 18.2 Å². The lowest BCUT2D eigenvalue weighted by Crippen LogP contribution is -2.17. The highest BCUT2D eigenvalue weighted by atomic mass is 16.4. The van der Waals surface area contributed by atoms with Gasteiger partial charge in [0.25, 0.3) is 0 Å². The van der Waals surface area contributed by atoms with Crippen molar-refractivity contribution in [1.82, 2.24) is 0 Å². The first-order valence-electron chi connectivity index (χ1n) is 5.42. The Labute approximate surface area is 96.7 Å². The fourth-order valence-corrected chi connectivity index (χ4v) is 1.76. The number of carboxylic acids is 1. The van der Waals surface area contributed by atoms with E-state index in [9.17, 15) is 4.79 Å². The van der Waals surface area contributed by atoms with Gasteiger partial charge in [-0.05, 0) is 30.5 Å². The second kappa shape index (κ2) is 5.01. The average Bonchev–Trinajstić information content (AvgIpc) is 2.20. The van der Waals surface area contributed by atoms with Crippen molar-refractivity contribution in [3.05, 3.63) is 29.3 Å². The second-order valence-electron chi connectivity index (χ2n) is 4.41. The van der Waals surface area contributed by atoms with Crippen molar-refractivity contribution in [2.75, 3.05) is 19.0 Å². The Morgan fingerprint density at radius 2 is 2.06 bits per heavy atom. The summed E-state index contributed by atoms with van der Waals surface area (Å²) in [6, 6.07) is 6.05. The van der Waals surface area contributed by atoms with Crippen LogP contribution in [-0.4, -0.2) is 25.2 Å². The van der Waals surface area contributed by atoms with Crippen molar-refractivity contribution in [1.29, 1.82) is 0 Å². The Kier molecular flexibility index (Phi) is 3.93. The highest BCUT2D eigenvalue weighted by Crippen LogP contribution is 2.24. The molecule has 0 aliphatic heterocycles. The lowest BCUT2D eigenvalue weighted by molar-refractivity contribution is -0.141. The van der Waals surface area contributed by atoms with E-state index in [0.29, 0.717) is 6.42 Å². The minimum Gasteiger partial charge on any atom is -0.481 e. The number of anilines is 1. The molecule has 0 bridgehead atoms. The largest absolute Gasteiger partial charge is 0.481 e. The lowest BCUT2D eigenvalue weighted by atomic mass is 9.95. The Morgan fingerprint density at radius 1 is 1.44 bits per heavy atom. The van der Waals surface area contributed by atoms with Crippen molar-refractivity contribution in [3.8, 4) is 0 Å². The quantitative estimate of drug-likeness (QED) is 0.848.